The van der Waals surface area contributed by atoms with Crippen LogP contribution in [0.2, 0.25) is 0 Å². The number of amides is 1. The highest BCUT2D eigenvalue weighted by Gasteiger charge is 2.43. The van der Waals surface area contributed by atoms with E-state index < -0.39 is 15.8 Å². The van der Waals surface area contributed by atoms with Crippen molar-refractivity contribution in [2.45, 2.75) is 36.6 Å². The maximum absolute atomic E-state index is 13.1. The number of ether oxygens (including phenoxy) is 2. The molecule has 31 heavy (non-hydrogen) atoms. The Labute approximate surface area is 180 Å². The van der Waals surface area contributed by atoms with Gasteiger partial charge in [0, 0.05) is 45.2 Å². The third kappa shape index (κ3) is 3.91. The van der Waals surface area contributed by atoms with Crippen LogP contribution < -0.4 is 0 Å². The molecule has 3 aliphatic heterocycles. The molecule has 11 heteroatoms. The second-order valence-corrected chi connectivity index (χ2v) is 10.1. The van der Waals surface area contributed by atoms with Crippen molar-refractivity contribution in [1.29, 1.82) is 0 Å². The Bertz CT molecular complexity index is 1020. The number of hydrogen-bond donors (Lipinski definition) is 1. The molecule has 1 unspecified atom stereocenters. The number of furan rings is 1. The van der Waals surface area contributed by atoms with Crippen LogP contribution in [-0.4, -0.2) is 78.9 Å². The summed E-state index contributed by atoms with van der Waals surface area (Å²) in [4.78, 5) is 14.9. The fourth-order valence-corrected chi connectivity index (χ4v) is 6.03. The lowest BCUT2D eigenvalue weighted by atomic mass is 9.96. The smallest absolute Gasteiger partial charge is 0.276 e. The van der Waals surface area contributed by atoms with Gasteiger partial charge in [0.05, 0.1) is 19.1 Å². The van der Waals surface area contributed by atoms with Gasteiger partial charge in [-0.2, -0.15) is 9.40 Å². The van der Waals surface area contributed by atoms with Gasteiger partial charge >= 0.3 is 0 Å². The molecule has 0 aromatic carbocycles. The maximum atomic E-state index is 13.1. The van der Waals surface area contributed by atoms with Gasteiger partial charge in [-0.05, 0) is 31.0 Å². The predicted octanol–water partition coefficient (Wildman–Crippen LogP) is 1.44. The summed E-state index contributed by atoms with van der Waals surface area (Å²) in [6.07, 6.45) is 4.18. The molecular weight excluding hydrogens is 424 g/mol. The Morgan fingerprint density at radius 1 is 1.13 bits per heavy atom. The molecule has 3 fully saturated rings. The van der Waals surface area contributed by atoms with Gasteiger partial charge in [-0.1, -0.05) is 0 Å². The molecule has 1 N–H and O–H groups in total. The van der Waals surface area contributed by atoms with Crippen molar-refractivity contribution in [3.8, 4) is 11.5 Å². The molecule has 2 aromatic rings. The van der Waals surface area contributed by atoms with Crippen LogP contribution in [0.25, 0.3) is 11.5 Å². The third-order valence-electron chi connectivity index (χ3n) is 6.33. The van der Waals surface area contributed by atoms with Crippen LogP contribution in [-0.2, 0) is 24.3 Å². The van der Waals surface area contributed by atoms with Gasteiger partial charge in [0.2, 0.25) is 11.0 Å². The molecule has 1 amide bonds. The van der Waals surface area contributed by atoms with E-state index in [4.69, 9.17) is 13.9 Å². The number of rotatable bonds is 4. The van der Waals surface area contributed by atoms with E-state index in [2.05, 4.69) is 10.2 Å². The molecule has 3 saturated heterocycles. The Balaban J connectivity index is 1.25. The predicted molar refractivity (Wildman–Crippen MR) is 108 cm³/mol. The van der Waals surface area contributed by atoms with Crippen molar-refractivity contribution in [1.82, 2.24) is 19.4 Å². The van der Waals surface area contributed by atoms with E-state index in [-0.39, 0.29) is 23.5 Å². The number of aromatic nitrogens is 2. The fourth-order valence-electron chi connectivity index (χ4n) is 4.60. The highest BCUT2D eigenvalue weighted by molar-refractivity contribution is 7.89. The zero-order valence-corrected chi connectivity index (χ0v) is 18.0. The molecule has 5 rings (SSSR count). The highest BCUT2D eigenvalue weighted by atomic mass is 32.2. The SMILES string of the molecule is O=C(C1CCCN(S(=O)(=O)c2ccc(-c3ccn[nH]3)o2)C1)N1CCC2(CC1)OCCO2. The van der Waals surface area contributed by atoms with Crippen molar-refractivity contribution < 1.29 is 27.1 Å². The van der Waals surface area contributed by atoms with E-state index in [1.807, 2.05) is 4.90 Å². The summed E-state index contributed by atoms with van der Waals surface area (Å²) in [6.45, 7) is 2.85. The number of carbonyl (C=O) groups excluding carboxylic acids is 1. The standard InChI is InChI=1S/C20H26N4O6S/c25-19(23-10-6-20(7-11-23)28-12-13-29-20)15-2-1-9-24(14-15)31(26,27)18-4-3-17(30-18)16-5-8-21-22-16/h3-5,8,15H,1-2,6-7,9-14H2,(H,21,22). The molecule has 0 bridgehead atoms. The first kappa shape index (κ1) is 20.7. The molecule has 2 aromatic heterocycles. The molecule has 10 nitrogen and oxygen atoms in total. The van der Waals surface area contributed by atoms with Crippen LogP contribution in [0.3, 0.4) is 0 Å². The van der Waals surface area contributed by atoms with E-state index in [1.54, 1.807) is 18.3 Å². The van der Waals surface area contributed by atoms with Crippen LogP contribution in [0.5, 0.6) is 0 Å². The van der Waals surface area contributed by atoms with E-state index in [0.29, 0.717) is 70.0 Å². The van der Waals surface area contributed by atoms with Gasteiger partial charge in [0.1, 0.15) is 5.69 Å². The number of likely N-dealkylation sites (tertiary alicyclic amines) is 1. The highest BCUT2D eigenvalue weighted by Crippen LogP contribution is 2.33. The molecule has 1 spiro atoms. The van der Waals surface area contributed by atoms with Gasteiger partial charge in [0.15, 0.2) is 11.5 Å². The second-order valence-electron chi connectivity index (χ2n) is 8.22. The lowest BCUT2D eigenvalue weighted by Crippen LogP contribution is -2.51. The normalized spacial score (nSPS) is 24.6. The number of hydrogen-bond acceptors (Lipinski definition) is 7. The van der Waals surface area contributed by atoms with Crippen LogP contribution in [0, 0.1) is 5.92 Å². The van der Waals surface area contributed by atoms with Crippen LogP contribution >= 0.6 is 0 Å². The zero-order chi connectivity index (χ0) is 21.5. The first-order valence-electron chi connectivity index (χ1n) is 10.6. The zero-order valence-electron chi connectivity index (χ0n) is 17.2. The summed E-state index contributed by atoms with van der Waals surface area (Å²) in [5.41, 5.74) is 0.603. The molecule has 0 radical (unpaired) electrons. The summed E-state index contributed by atoms with van der Waals surface area (Å²) in [7, 11) is -3.83. The Morgan fingerprint density at radius 2 is 1.90 bits per heavy atom. The Kier molecular flexibility index (Phi) is 5.37. The fraction of sp³-hybridized carbons (Fsp3) is 0.600. The summed E-state index contributed by atoms with van der Waals surface area (Å²) in [5.74, 6) is -0.487. The van der Waals surface area contributed by atoms with Crippen molar-refractivity contribution in [3.05, 3.63) is 24.4 Å². The van der Waals surface area contributed by atoms with Crippen molar-refractivity contribution in [3.63, 3.8) is 0 Å². The first-order valence-corrected chi connectivity index (χ1v) is 12.1. The van der Waals surface area contributed by atoms with E-state index in [1.165, 1.54) is 10.4 Å². The average Bonchev–Trinajstić information content (AvgIpc) is 3.55. The molecule has 0 saturated carbocycles. The van der Waals surface area contributed by atoms with Gasteiger partial charge in [-0.15, -0.1) is 0 Å². The first-order chi connectivity index (χ1) is 15.0. The lowest BCUT2D eigenvalue weighted by molar-refractivity contribution is -0.188. The number of piperidine rings is 2. The molecule has 0 aliphatic carbocycles. The number of nitrogens with zero attached hydrogens (tertiary/aromatic N) is 3. The average molecular weight is 451 g/mol. The minimum absolute atomic E-state index is 0.00495. The van der Waals surface area contributed by atoms with Crippen LogP contribution in [0.1, 0.15) is 25.7 Å². The number of sulfonamides is 1. The molecule has 168 valence electrons. The van der Waals surface area contributed by atoms with Crippen molar-refractivity contribution in [2.24, 2.45) is 5.92 Å². The largest absolute Gasteiger partial charge is 0.442 e. The van der Waals surface area contributed by atoms with Crippen LogP contribution in [0.15, 0.2) is 33.9 Å². The van der Waals surface area contributed by atoms with E-state index >= 15 is 0 Å². The second kappa shape index (κ2) is 8.05. The summed E-state index contributed by atoms with van der Waals surface area (Å²) in [6, 6.07) is 4.75. The molecular formula is C20H26N4O6S. The van der Waals surface area contributed by atoms with Gasteiger partial charge < -0.3 is 18.8 Å². The molecule has 5 heterocycles. The molecule has 3 aliphatic rings. The number of aromatic amines is 1. The minimum atomic E-state index is -3.83. The van der Waals surface area contributed by atoms with Crippen molar-refractivity contribution in [2.75, 3.05) is 39.4 Å². The monoisotopic (exact) mass is 450 g/mol. The quantitative estimate of drug-likeness (QED) is 0.749. The van der Waals surface area contributed by atoms with Crippen molar-refractivity contribution >= 4 is 15.9 Å². The lowest BCUT2D eigenvalue weighted by Gasteiger charge is -2.40. The van der Waals surface area contributed by atoms with E-state index in [9.17, 15) is 13.2 Å². The van der Waals surface area contributed by atoms with Gasteiger partial charge in [-0.25, -0.2) is 8.42 Å². The van der Waals surface area contributed by atoms with Crippen LogP contribution in [0.4, 0.5) is 0 Å². The summed E-state index contributed by atoms with van der Waals surface area (Å²) >= 11 is 0. The minimum Gasteiger partial charge on any atom is -0.442 e. The maximum Gasteiger partial charge on any atom is 0.276 e. The Morgan fingerprint density at radius 3 is 2.61 bits per heavy atom. The number of nitrogens with one attached hydrogen (secondary N) is 1. The molecule has 1 atom stereocenters. The third-order valence-corrected chi connectivity index (χ3v) is 8.06. The Hall–Kier alpha value is -2.21. The van der Waals surface area contributed by atoms with Gasteiger partial charge in [-0.3, -0.25) is 9.89 Å². The summed E-state index contributed by atoms with van der Waals surface area (Å²) < 4.78 is 44.7. The topological polar surface area (TPSA) is 118 Å². The summed E-state index contributed by atoms with van der Waals surface area (Å²) in [5, 5.41) is 6.48. The number of carbonyl (C=O) groups is 1. The van der Waals surface area contributed by atoms with Gasteiger partial charge in [0.25, 0.3) is 10.0 Å². The number of H-pyrrole nitrogens is 1. The van der Waals surface area contributed by atoms with E-state index in [0.717, 1.165) is 0 Å².